The number of amides is 1. The van der Waals surface area contributed by atoms with Gasteiger partial charge in [0.15, 0.2) is 11.5 Å². The molecule has 1 amide bonds. The van der Waals surface area contributed by atoms with Gasteiger partial charge in [0.2, 0.25) is 0 Å². The minimum atomic E-state index is -0.355. The molecule has 5 rings (SSSR count). The summed E-state index contributed by atoms with van der Waals surface area (Å²) in [6.45, 7) is 5.27. The Morgan fingerprint density at radius 3 is 2.49 bits per heavy atom. The number of carbonyl (C=O) groups is 1. The molecule has 1 atom stereocenters. The number of benzene rings is 3. The fourth-order valence-corrected chi connectivity index (χ4v) is 4.85. The van der Waals surface area contributed by atoms with Crippen molar-refractivity contribution in [3.63, 3.8) is 0 Å². The second-order valence-corrected chi connectivity index (χ2v) is 9.74. The Hall–Kier alpha value is -3.77. The normalized spacial score (nSPS) is 14.6. The summed E-state index contributed by atoms with van der Waals surface area (Å²) in [7, 11) is 1.64. The molecule has 4 aromatic rings. The molecule has 1 aliphatic rings. The Bertz CT molecular complexity index is 1400. The zero-order chi connectivity index (χ0) is 25.9. The molecule has 0 aliphatic carbocycles. The van der Waals surface area contributed by atoms with Crippen LogP contribution in [0.1, 0.15) is 58.5 Å². The number of unbranched alkanes of at least 4 members (excludes halogenated alkanes) is 1. The van der Waals surface area contributed by atoms with Crippen LogP contribution in [0.5, 0.6) is 11.5 Å². The lowest BCUT2D eigenvalue weighted by Crippen LogP contribution is -2.29. The monoisotopic (exact) mass is 515 g/mol. The smallest absolute Gasteiger partial charge is 0.273 e. The molecule has 1 aromatic heterocycles. The van der Waals surface area contributed by atoms with Gasteiger partial charge in [0.1, 0.15) is 5.69 Å². The Balaban J connectivity index is 1.60. The molecule has 2 heterocycles. The molecule has 37 heavy (non-hydrogen) atoms. The molecule has 6 nitrogen and oxygen atoms in total. The maximum absolute atomic E-state index is 13.7. The van der Waals surface area contributed by atoms with E-state index in [0.717, 1.165) is 40.8 Å². The second-order valence-electron chi connectivity index (χ2n) is 9.30. The molecule has 0 bridgehead atoms. The van der Waals surface area contributed by atoms with Crippen molar-refractivity contribution in [1.29, 1.82) is 0 Å². The number of rotatable bonds is 9. The largest absolute Gasteiger partial charge is 0.493 e. The van der Waals surface area contributed by atoms with Gasteiger partial charge in [-0.05, 0) is 48.7 Å². The number of nitrogens with one attached hydrogen (secondary N) is 1. The van der Waals surface area contributed by atoms with E-state index in [1.54, 1.807) is 7.11 Å². The summed E-state index contributed by atoms with van der Waals surface area (Å²) in [4.78, 5) is 15.6. The van der Waals surface area contributed by atoms with E-state index in [0.29, 0.717) is 35.4 Å². The third kappa shape index (κ3) is 4.94. The van der Waals surface area contributed by atoms with E-state index in [-0.39, 0.29) is 11.9 Å². The third-order valence-corrected chi connectivity index (χ3v) is 6.97. The predicted molar refractivity (Wildman–Crippen MR) is 145 cm³/mol. The van der Waals surface area contributed by atoms with E-state index in [4.69, 9.17) is 21.1 Å². The fourth-order valence-electron chi connectivity index (χ4n) is 4.72. The molecule has 0 radical (unpaired) electrons. The van der Waals surface area contributed by atoms with Crippen LogP contribution in [0.3, 0.4) is 0 Å². The maximum atomic E-state index is 13.7. The molecular formula is C30H30ClN3O3. The minimum absolute atomic E-state index is 0.0875. The number of halogens is 1. The standard InChI is InChI=1S/C30H30ClN3O3/c1-4-5-16-37-24-15-12-22(17-25(24)36-3)29-26-27(21-10-13-23(31)14-11-21)32-33-28(26)30(35)34(29)18-20-8-6-19(2)7-9-20/h6-15,17,29H,4-5,16,18H2,1-3H3,(H,32,33). The summed E-state index contributed by atoms with van der Waals surface area (Å²) in [5, 5.41) is 8.22. The van der Waals surface area contributed by atoms with E-state index in [2.05, 4.69) is 48.3 Å². The van der Waals surface area contributed by atoms with Crippen molar-refractivity contribution in [1.82, 2.24) is 15.1 Å². The number of aromatic amines is 1. The topological polar surface area (TPSA) is 67.5 Å². The SMILES string of the molecule is CCCCOc1ccc(C2c3c(-c4ccc(Cl)cc4)n[nH]c3C(=O)N2Cc2ccc(C)cc2)cc1OC. The first-order valence-electron chi connectivity index (χ1n) is 12.5. The summed E-state index contributed by atoms with van der Waals surface area (Å²) in [6, 6.07) is 21.3. The number of hydrogen-bond donors (Lipinski definition) is 1. The maximum Gasteiger partial charge on any atom is 0.273 e. The number of H-pyrrole nitrogens is 1. The van der Waals surface area contributed by atoms with Crippen molar-refractivity contribution >= 4 is 17.5 Å². The highest BCUT2D eigenvalue weighted by Crippen LogP contribution is 2.45. The summed E-state index contributed by atoms with van der Waals surface area (Å²) < 4.78 is 11.7. The van der Waals surface area contributed by atoms with Crippen molar-refractivity contribution in [2.75, 3.05) is 13.7 Å². The predicted octanol–water partition coefficient (Wildman–Crippen LogP) is 6.97. The minimum Gasteiger partial charge on any atom is -0.493 e. The van der Waals surface area contributed by atoms with Crippen molar-refractivity contribution in [3.8, 4) is 22.8 Å². The van der Waals surface area contributed by atoms with E-state index < -0.39 is 0 Å². The van der Waals surface area contributed by atoms with E-state index in [9.17, 15) is 4.79 Å². The Labute approximate surface area is 222 Å². The van der Waals surface area contributed by atoms with Gasteiger partial charge in [0.25, 0.3) is 5.91 Å². The van der Waals surface area contributed by atoms with Crippen LogP contribution in [0, 0.1) is 6.92 Å². The van der Waals surface area contributed by atoms with Crippen molar-refractivity contribution in [3.05, 3.63) is 99.7 Å². The van der Waals surface area contributed by atoms with Crippen LogP contribution in [0.15, 0.2) is 66.7 Å². The Morgan fingerprint density at radius 1 is 1.03 bits per heavy atom. The van der Waals surface area contributed by atoms with Gasteiger partial charge >= 0.3 is 0 Å². The first-order valence-corrected chi connectivity index (χ1v) is 12.9. The molecule has 0 saturated heterocycles. The number of hydrogen-bond acceptors (Lipinski definition) is 4. The third-order valence-electron chi connectivity index (χ3n) is 6.71. The molecule has 7 heteroatoms. The first-order chi connectivity index (χ1) is 18.0. The zero-order valence-electron chi connectivity index (χ0n) is 21.3. The highest BCUT2D eigenvalue weighted by atomic mass is 35.5. The number of carbonyl (C=O) groups excluding carboxylic acids is 1. The number of aromatic nitrogens is 2. The van der Waals surface area contributed by atoms with Crippen LogP contribution in [-0.4, -0.2) is 34.7 Å². The van der Waals surface area contributed by atoms with Gasteiger partial charge < -0.3 is 14.4 Å². The van der Waals surface area contributed by atoms with Gasteiger partial charge in [0.05, 0.1) is 25.5 Å². The van der Waals surface area contributed by atoms with Crippen LogP contribution in [0.4, 0.5) is 0 Å². The number of nitrogens with zero attached hydrogens (tertiary/aromatic N) is 2. The number of methoxy groups -OCH3 is 1. The van der Waals surface area contributed by atoms with E-state index in [1.165, 1.54) is 5.56 Å². The van der Waals surface area contributed by atoms with Crippen molar-refractivity contribution < 1.29 is 14.3 Å². The van der Waals surface area contributed by atoms with Crippen molar-refractivity contribution in [2.45, 2.75) is 39.3 Å². The summed E-state index contributed by atoms with van der Waals surface area (Å²) in [6.07, 6.45) is 2.02. The first kappa shape index (κ1) is 24.9. The van der Waals surface area contributed by atoms with Crippen LogP contribution >= 0.6 is 11.6 Å². The molecule has 1 unspecified atom stereocenters. The Morgan fingerprint density at radius 2 is 1.78 bits per heavy atom. The van der Waals surface area contributed by atoms with Gasteiger partial charge in [-0.25, -0.2) is 0 Å². The van der Waals surface area contributed by atoms with E-state index in [1.807, 2.05) is 47.4 Å². The van der Waals surface area contributed by atoms with Gasteiger partial charge in [-0.2, -0.15) is 5.10 Å². The average molecular weight is 516 g/mol. The zero-order valence-corrected chi connectivity index (χ0v) is 22.0. The Kier molecular flexibility index (Phi) is 7.19. The van der Waals surface area contributed by atoms with Crippen molar-refractivity contribution in [2.24, 2.45) is 0 Å². The quantitative estimate of drug-likeness (QED) is 0.244. The second kappa shape index (κ2) is 10.7. The molecule has 0 saturated carbocycles. The van der Waals surface area contributed by atoms with Crippen LogP contribution in [0.2, 0.25) is 5.02 Å². The van der Waals surface area contributed by atoms with Crippen LogP contribution < -0.4 is 9.47 Å². The lowest BCUT2D eigenvalue weighted by molar-refractivity contribution is 0.0730. The molecule has 3 aromatic carbocycles. The number of ether oxygens (including phenoxy) is 2. The highest BCUT2D eigenvalue weighted by Gasteiger charge is 2.42. The van der Waals surface area contributed by atoms with Gasteiger partial charge in [-0.3, -0.25) is 9.89 Å². The fraction of sp³-hybridized carbons (Fsp3) is 0.267. The molecule has 1 N–H and O–H groups in total. The molecule has 190 valence electrons. The van der Waals surface area contributed by atoms with Gasteiger partial charge in [-0.1, -0.05) is 73.0 Å². The molecule has 0 fully saturated rings. The molecular weight excluding hydrogens is 486 g/mol. The van der Waals surface area contributed by atoms with Gasteiger partial charge in [-0.15, -0.1) is 0 Å². The van der Waals surface area contributed by atoms with E-state index >= 15 is 0 Å². The number of aryl methyl sites for hydroxylation is 1. The lowest BCUT2D eigenvalue weighted by Gasteiger charge is -2.27. The van der Waals surface area contributed by atoms with Crippen LogP contribution in [-0.2, 0) is 6.54 Å². The average Bonchev–Trinajstić information content (AvgIpc) is 3.45. The van der Waals surface area contributed by atoms with Crippen LogP contribution in [0.25, 0.3) is 11.3 Å². The highest BCUT2D eigenvalue weighted by molar-refractivity contribution is 6.30. The summed E-state index contributed by atoms with van der Waals surface area (Å²) in [5.41, 5.74) is 6.14. The summed E-state index contributed by atoms with van der Waals surface area (Å²) in [5.74, 6) is 1.25. The number of fused-ring (bicyclic) bond motifs is 1. The lowest BCUT2D eigenvalue weighted by atomic mass is 9.95. The molecule has 0 spiro atoms. The summed E-state index contributed by atoms with van der Waals surface area (Å²) >= 11 is 6.14. The van der Waals surface area contributed by atoms with Gasteiger partial charge in [0, 0.05) is 22.7 Å². The molecule has 1 aliphatic heterocycles.